The highest BCUT2D eigenvalue weighted by Gasteiger charge is 2.42. The summed E-state index contributed by atoms with van der Waals surface area (Å²) in [6.07, 6.45) is -0.311. The summed E-state index contributed by atoms with van der Waals surface area (Å²) in [7, 11) is 0. The predicted octanol–water partition coefficient (Wildman–Crippen LogP) is 3.49. The van der Waals surface area contributed by atoms with Crippen LogP contribution >= 0.6 is 0 Å². The highest BCUT2D eigenvalue weighted by Crippen LogP contribution is 2.55. The number of hydrogen-bond donors (Lipinski definition) is 2. The van der Waals surface area contributed by atoms with Crippen LogP contribution in [-0.4, -0.2) is 38.1 Å². The number of pyridine rings is 1. The minimum absolute atomic E-state index is 0.118. The molecular weight excluding hydrogens is 449 g/mol. The smallest absolute Gasteiger partial charge is 0.337 e. The summed E-state index contributed by atoms with van der Waals surface area (Å²) in [5.41, 5.74) is 2.55. The lowest BCUT2D eigenvalue weighted by molar-refractivity contribution is -0.141. The van der Waals surface area contributed by atoms with Crippen molar-refractivity contribution in [3.8, 4) is 0 Å². The van der Waals surface area contributed by atoms with Crippen LogP contribution in [0.15, 0.2) is 48.8 Å². The molecule has 1 saturated carbocycles. The van der Waals surface area contributed by atoms with Gasteiger partial charge in [-0.15, -0.1) is 0 Å². The van der Waals surface area contributed by atoms with Crippen LogP contribution in [-0.2, 0) is 11.0 Å². The Bertz CT molecular complexity index is 1480. The monoisotopic (exact) mass is 466 g/mol. The van der Waals surface area contributed by atoms with Crippen molar-refractivity contribution in [1.29, 1.82) is 0 Å². The van der Waals surface area contributed by atoms with Crippen molar-refractivity contribution in [1.82, 2.24) is 30.2 Å². The molecule has 2 N–H and O–H groups in total. The number of halogens is 3. The van der Waals surface area contributed by atoms with Crippen LogP contribution in [0, 0.1) is 0 Å². The van der Waals surface area contributed by atoms with Gasteiger partial charge in [-0.1, -0.05) is 12.1 Å². The maximum Gasteiger partial charge on any atom is 0.433 e. The van der Waals surface area contributed by atoms with Crippen molar-refractivity contribution in [2.45, 2.75) is 30.4 Å². The van der Waals surface area contributed by atoms with Gasteiger partial charge in [0.2, 0.25) is 5.91 Å². The van der Waals surface area contributed by atoms with Crippen molar-refractivity contribution >= 4 is 28.5 Å². The fraction of sp³-hybridized carbons (Fsp3) is 0.261. The van der Waals surface area contributed by atoms with Crippen molar-refractivity contribution in [3.05, 3.63) is 71.3 Å². The van der Waals surface area contributed by atoms with Crippen LogP contribution in [0.3, 0.4) is 0 Å². The molecule has 4 heterocycles. The zero-order chi connectivity index (χ0) is 23.6. The number of imide groups is 1. The number of carbonyl (C=O) groups is 2. The molecule has 1 aliphatic heterocycles. The van der Waals surface area contributed by atoms with Crippen molar-refractivity contribution in [2.24, 2.45) is 0 Å². The maximum absolute atomic E-state index is 13.0. The lowest BCUT2D eigenvalue weighted by Gasteiger charge is -2.22. The van der Waals surface area contributed by atoms with E-state index in [-0.39, 0.29) is 18.4 Å². The summed E-state index contributed by atoms with van der Waals surface area (Å²) in [6.45, 7) is 0.156. The summed E-state index contributed by atoms with van der Waals surface area (Å²) in [5, 5.41) is 10.0. The van der Waals surface area contributed by atoms with Crippen LogP contribution in [0.25, 0.3) is 16.6 Å². The van der Waals surface area contributed by atoms with Crippen molar-refractivity contribution in [3.63, 3.8) is 0 Å². The van der Waals surface area contributed by atoms with Gasteiger partial charge in [-0.05, 0) is 48.1 Å². The maximum atomic E-state index is 13.0. The molecule has 4 aromatic rings. The van der Waals surface area contributed by atoms with Gasteiger partial charge in [-0.2, -0.15) is 18.3 Å². The van der Waals surface area contributed by atoms with Gasteiger partial charge >= 0.3 is 12.2 Å². The third-order valence-corrected chi connectivity index (χ3v) is 6.41. The van der Waals surface area contributed by atoms with Gasteiger partial charge in [-0.3, -0.25) is 10.1 Å². The minimum Gasteiger partial charge on any atom is -0.337 e. The number of alkyl halides is 3. The molecule has 1 saturated heterocycles. The standard InChI is InChI=1S/C23H17F3N6O2/c24-23(25,26)19-4-2-12-7-11(1-3-17(12)29-19)13-8-14(13)15-9-18(31-32-6-5-27-20(15)32)16-10-28-22(34)30-21(16)33/h1-7,9,13-14,16H,8,10H2,(H2,28,30,33,34)/t13-,14+,16?/m0/s1. The second-order valence-corrected chi connectivity index (χ2v) is 8.57. The van der Waals surface area contributed by atoms with Gasteiger partial charge in [0.05, 0.1) is 17.1 Å². The number of rotatable bonds is 3. The van der Waals surface area contributed by atoms with Gasteiger partial charge in [0.15, 0.2) is 5.65 Å². The summed E-state index contributed by atoms with van der Waals surface area (Å²) < 4.78 is 40.5. The number of nitrogens with one attached hydrogen (secondary N) is 2. The van der Waals surface area contributed by atoms with Gasteiger partial charge in [0.1, 0.15) is 5.69 Å². The number of carbonyl (C=O) groups excluding carboxylic acids is 2. The van der Waals surface area contributed by atoms with E-state index in [0.717, 1.165) is 23.6 Å². The largest absolute Gasteiger partial charge is 0.433 e. The van der Waals surface area contributed by atoms with E-state index in [0.29, 0.717) is 22.2 Å². The number of hydrogen-bond acceptors (Lipinski definition) is 5. The Morgan fingerprint density at radius 2 is 1.91 bits per heavy atom. The number of nitrogens with zero attached hydrogens (tertiary/aromatic N) is 4. The SMILES string of the molecule is O=C1NCC(c2cc([C@@H]3C[C@H]3c3ccc4nc(C(F)(F)F)ccc4c3)c3nccn3n2)C(=O)N1. The molecule has 2 aliphatic rings. The number of fused-ring (bicyclic) bond motifs is 2. The Morgan fingerprint density at radius 1 is 1.06 bits per heavy atom. The second kappa shape index (κ2) is 7.24. The Hall–Kier alpha value is -4.02. The molecule has 3 aromatic heterocycles. The Labute approximate surface area is 190 Å². The highest BCUT2D eigenvalue weighted by atomic mass is 19.4. The fourth-order valence-corrected chi connectivity index (χ4v) is 4.61. The summed E-state index contributed by atoms with van der Waals surface area (Å²) in [4.78, 5) is 31.9. The zero-order valence-electron chi connectivity index (χ0n) is 17.5. The van der Waals surface area contributed by atoms with E-state index in [9.17, 15) is 22.8 Å². The summed E-state index contributed by atoms with van der Waals surface area (Å²) in [5.74, 6) is -0.751. The number of benzene rings is 1. The highest BCUT2D eigenvalue weighted by molar-refractivity contribution is 6.00. The quantitative estimate of drug-likeness (QED) is 0.481. The van der Waals surface area contributed by atoms with Gasteiger partial charge in [0, 0.05) is 29.9 Å². The van der Waals surface area contributed by atoms with E-state index in [1.807, 2.05) is 18.2 Å². The number of amides is 3. The third kappa shape index (κ3) is 3.44. The number of aromatic nitrogens is 4. The molecule has 1 aromatic carbocycles. The molecule has 8 nitrogen and oxygen atoms in total. The third-order valence-electron chi connectivity index (χ3n) is 6.41. The van der Waals surface area contributed by atoms with E-state index >= 15 is 0 Å². The predicted molar refractivity (Wildman–Crippen MR) is 114 cm³/mol. The molecule has 0 radical (unpaired) electrons. The minimum atomic E-state index is -4.48. The van der Waals surface area contributed by atoms with E-state index in [1.165, 1.54) is 6.07 Å². The zero-order valence-corrected chi connectivity index (χ0v) is 17.5. The lowest BCUT2D eigenvalue weighted by Crippen LogP contribution is -2.51. The van der Waals surface area contributed by atoms with Crippen LogP contribution < -0.4 is 10.6 Å². The molecule has 6 rings (SSSR count). The van der Waals surface area contributed by atoms with Gasteiger partial charge in [0.25, 0.3) is 0 Å². The molecule has 3 amide bonds. The Kier molecular flexibility index (Phi) is 4.38. The van der Waals surface area contributed by atoms with Crippen molar-refractivity contribution in [2.75, 3.05) is 6.54 Å². The molecule has 11 heteroatoms. The topological polar surface area (TPSA) is 101 Å². The first-order chi connectivity index (χ1) is 16.3. The summed E-state index contributed by atoms with van der Waals surface area (Å²) in [6, 6.07) is 9.09. The lowest BCUT2D eigenvalue weighted by atomic mass is 9.98. The molecular formula is C23H17F3N6O2. The fourth-order valence-electron chi connectivity index (χ4n) is 4.61. The Morgan fingerprint density at radius 3 is 2.71 bits per heavy atom. The molecule has 172 valence electrons. The van der Waals surface area contributed by atoms with E-state index in [1.54, 1.807) is 23.0 Å². The first-order valence-corrected chi connectivity index (χ1v) is 10.7. The average molecular weight is 466 g/mol. The summed E-state index contributed by atoms with van der Waals surface area (Å²) >= 11 is 0. The number of imidazole rings is 1. The van der Waals surface area contributed by atoms with Crippen LogP contribution in [0.1, 0.15) is 46.7 Å². The molecule has 1 aliphatic carbocycles. The number of urea groups is 1. The van der Waals surface area contributed by atoms with Gasteiger partial charge < -0.3 is 5.32 Å². The van der Waals surface area contributed by atoms with Crippen LogP contribution in [0.2, 0.25) is 0 Å². The second-order valence-electron chi connectivity index (χ2n) is 8.57. The van der Waals surface area contributed by atoms with E-state index in [4.69, 9.17) is 0 Å². The Balaban J connectivity index is 1.33. The normalized spacial score (nSPS) is 22.6. The van der Waals surface area contributed by atoms with E-state index < -0.39 is 29.7 Å². The average Bonchev–Trinajstić information content (AvgIpc) is 3.45. The first kappa shape index (κ1) is 20.6. The van der Waals surface area contributed by atoms with Gasteiger partial charge in [-0.25, -0.2) is 19.3 Å². The molecule has 0 bridgehead atoms. The molecule has 2 fully saturated rings. The molecule has 0 spiro atoms. The van der Waals surface area contributed by atoms with Crippen LogP contribution in [0.4, 0.5) is 18.0 Å². The van der Waals surface area contributed by atoms with Crippen molar-refractivity contribution < 1.29 is 22.8 Å². The molecule has 3 atom stereocenters. The first-order valence-electron chi connectivity index (χ1n) is 10.7. The van der Waals surface area contributed by atoms with E-state index in [2.05, 4.69) is 25.7 Å². The molecule has 1 unspecified atom stereocenters. The molecule has 34 heavy (non-hydrogen) atoms. The van der Waals surface area contributed by atoms with Crippen LogP contribution in [0.5, 0.6) is 0 Å².